The molecule has 0 spiro atoms. The van der Waals surface area contributed by atoms with Gasteiger partial charge in [-0.2, -0.15) is 0 Å². The molecule has 0 aliphatic carbocycles. The first-order chi connectivity index (χ1) is 16.7. The van der Waals surface area contributed by atoms with Crippen molar-refractivity contribution in [2.75, 3.05) is 20.8 Å². The van der Waals surface area contributed by atoms with Gasteiger partial charge in [-0.3, -0.25) is 9.78 Å². The molecule has 1 aromatic heterocycles. The zero-order valence-corrected chi connectivity index (χ0v) is 19.3. The van der Waals surface area contributed by atoms with E-state index in [1.165, 1.54) is 0 Å². The fraction of sp³-hybridized carbons (Fsp3) is 0.172. The van der Waals surface area contributed by atoms with Crippen LogP contribution in [-0.4, -0.2) is 36.6 Å². The number of aromatic nitrogens is 1. The summed E-state index contributed by atoms with van der Waals surface area (Å²) in [6.45, 7) is 0.610. The topological polar surface area (TPSA) is 51.7 Å². The van der Waals surface area contributed by atoms with Crippen molar-refractivity contribution in [3.63, 3.8) is 0 Å². The van der Waals surface area contributed by atoms with Crippen LogP contribution in [-0.2, 0) is 11.2 Å². The van der Waals surface area contributed by atoms with E-state index in [2.05, 4.69) is 17.1 Å². The van der Waals surface area contributed by atoms with Crippen molar-refractivity contribution in [1.82, 2.24) is 9.88 Å². The van der Waals surface area contributed by atoms with E-state index in [0.29, 0.717) is 18.0 Å². The third-order valence-electron chi connectivity index (χ3n) is 6.34. The van der Waals surface area contributed by atoms with E-state index >= 15 is 0 Å². The molecular formula is C29H26N2O3. The number of ether oxygens (including phenoxy) is 2. The number of pyridine rings is 1. The number of methoxy groups -OCH3 is 2. The van der Waals surface area contributed by atoms with Gasteiger partial charge < -0.3 is 14.4 Å². The maximum Gasteiger partial charge on any atom is 0.247 e. The Balaban J connectivity index is 1.54. The second kappa shape index (κ2) is 9.40. The van der Waals surface area contributed by atoms with E-state index < -0.39 is 0 Å². The summed E-state index contributed by atoms with van der Waals surface area (Å²) in [6.07, 6.45) is 6.04. The Kier molecular flexibility index (Phi) is 6.00. The second-order valence-electron chi connectivity index (χ2n) is 8.26. The standard InChI is InChI=1S/C29H26N2O3/c1-33-25-18-23-15-17-31(29(22-8-4-3-5-9-22)24(23)19-26(25)34-2)27(32)14-13-21-11-6-10-20-12-7-16-30-28(20)21/h3-14,16,18-19,29H,15,17H2,1-2H3/b14-13+. The molecule has 1 aliphatic rings. The molecular weight excluding hydrogens is 424 g/mol. The maximum atomic E-state index is 13.5. The summed E-state index contributed by atoms with van der Waals surface area (Å²) in [7, 11) is 3.28. The Morgan fingerprint density at radius 2 is 1.74 bits per heavy atom. The molecule has 3 aromatic carbocycles. The Hall–Kier alpha value is -4.12. The van der Waals surface area contributed by atoms with Gasteiger partial charge in [0.05, 0.1) is 25.8 Å². The summed E-state index contributed by atoms with van der Waals surface area (Å²) in [4.78, 5) is 20.0. The van der Waals surface area contributed by atoms with E-state index in [4.69, 9.17) is 9.47 Å². The van der Waals surface area contributed by atoms with Crippen molar-refractivity contribution < 1.29 is 14.3 Å². The van der Waals surface area contributed by atoms with E-state index in [1.54, 1.807) is 26.5 Å². The van der Waals surface area contributed by atoms with Crippen molar-refractivity contribution in [2.45, 2.75) is 12.5 Å². The fourth-order valence-corrected chi connectivity index (χ4v) is 4.70. The quantitative estimate of drug-likeness (QED) is 0.380. The molecule has 170 valence electrons. The lowest BCUT2D eigenvalue weighted by atomic mass is 9.87. The van der Waals surface area contributed by atoms with E-state index in [1.807, 2.05) is 71.6 Å². The Bertz CT molecular complexity index is 1360. The molecule has 0 N–H and O–H groups in total. The second-order valence-corrected chi connectivity index (χ2v) is 8.26. The molecule has 5 heteroatoms. The predicted octanol–water partition coefficient (Wildman–Crippen LogP) is 5.44. The summed E-state index contributed by atoms with van der Waals surface area (Å²) in [5, 5.41) is 1.05. The van der Waals surface area contributed by atoms with Crippen LogP contribution in [0, 0.1) is 0 Å². The first-order valence-electron chi connectivity index (χ1n) is 11.3. The van der Waals surface area contributed by atoms with Crippen LogP contribution in [0.4, 0.5) is 0 Å². The van der Waals surface area contributed by atoms with Crippen LogP contribution >= 0.6 is 0 Å². The molecule has 1 atom stereocenters. The number of para-hydroxylation sites is 1. The number of hydrogen-bond acceptors (Lipinski definition) is 4. The van der Waals surface area contributed by atoms with Crippen LogP contribution in [0.1, 0.15) is 28.3 Å². The Morgan fingerprint density at radius 1 is 0.971 bits per heavy atom. The number of nitrogens with zero attached hydrogens (tertiary/aromatic N) is 2. The van der Waals surface area contributed by atoms with Crippen LogP contribution < -0.4 is 9.47 Å². The van der Waals surface area contributed by atoms with Gasteiger partial charge in [0.2, 0.25) is 5.91 Å². The molecule has 34 heavy (non-hydrogen) atoms. The minimum Gasteiger partial charge on any atom is -0.493 e. The highest BCUT2D eigenvalue weighted by molar-refractivity contribution is 5.96. The normalized spacial score (nSPS) is 15.4. The van der Waals surface area contributed by atoms with E-state index in [0.717, 1.165) is 39.6 Å². The SMILES string of the molecule is COc1cc2c(cc1OC)C(c1ccccc1)N(C(=O)/C=C/c1cccc3cccnc13)CC2. The zero-order chi connectivity index (χ0) is 23.5. The molecule has 5 nitrogen and oxygen atoms in total. The van der Waals surface area contributed by atoms with Gasteiger partial charge >= 0.3 is 0 Å². The minimum atomic E-state index is -0.215. The van der Waals surface area contributed by atoms with Gasteiger partial charge in [-0.1, -0.05) is 54.6 Å². The largest absolute Gasteiger partial charge is 0.493 e. The van der Waals surface area contributed by atoms with Gasteiger partial charge in [0, 0.05) is 29.8 Å². The summed E-state index contributed by atoms with van der Waals surface area (Å²) < 4.78 is 11.1. The lowest BCUT2D eigenvalue weighted by Gasteiger charge is -2.37. The zero-order valence-electron chi connectivity index (χ0n) is 19.3. The Labute approximate surface area is 199 Å². The van der Waals surface area contributed by atoms with Gasteiger partial charge in [0.1, 0.15) is 0 Å². The van der Waals surface area contributed by atoms with Crippen LogP contribution in [0.2, 0.25) is 0 Å². The molecule has 0 fully saturated rings. The van der Waals surface area contributed by atoms with Gasteiger partial charge in [0.25, 0.3) is 0 Å². The predicted molar refractivity (Wildman–Crippen MR) is 134 cm³/mol. The van der Waals surface area contributed by atoms with E-state index in [9.17, 15) is 4.79 Å². The summed E-state index contributed by atoms with van der Waals surface area (Å²) in [5.41, 5.74) is 5.09. The number of rotatable bonds is 5. The van der Waals surface area contributed by atoms with Crippen molar-refractivity contribution in [3.05, 3.63) is 107 Å². The molecule has 1 aliphatic heterocycles. The lowest BCUT2D eigenvalue weighted by Crippen LogP contribution is -2.39. The minimum absolute atomic E-state index is 0.0396. The summed E-state index contributed by atoms with van der Waals surface area (Å²) >= 11 is 0. The average Bonchev–Trinajstić information content (AvgIpc) is 2.90. The van der Waals surface area contributed by atoms with Crippen molar-refractivity contribution in [2.24, 2.45) is 0 Å². The van der Waals surface area contributed by atoms with Crippen molar-refractivity contribution in [1.29, 1.82) is 0 Å². The number of carbonyl (C=O) groups excluding carboxylic acids is 1. The first-order valence-corrected chi connectivity index (χ1v) is 11.3. The number of carbonyl (C=O) groups is 1. The van der Waals surface area contributed by atoms with Gasteiger partial charge in [-0.25, -0.2) is 0 Å². The van der Waals surface area contributed by atoms with E-state index in [-0.39, 0.29) is 11.9 Å². The monoisotopic (exact) mass is 450 g/mol. The molecule has 0 radical (unpaired) electrons. The highest BCUT2D eigenvalue weighted by Gasteiger charge is 2.32. The molecule has 5 rings (SSSR count). The smallest absolute Gasteiger partial charge is 0.247 e. The molecule has 1 amide bonds. The van der Waals surface area contributed by atoms with Crippen LogP contribution in [0.15, 0.2) is 85.1 Å². The third-order valence-corrected chi connectivity index (χ3v) is 6.34. The number of amides is 1. The molecule has 1 unspecified atom stereocenters. The van der Waals surface area contributed by atoms with Crippen molar-refractivity contribution in [3.8, 4) is 11.5 Å². The van der Waals surface area contributed by atoms with Crippen molar-refractivity contribution >= 4 is 22.9 Å². The average molecular weight is 451 g/mol. The lowest BCUT2D eigenvalue weighted by molar-refractivity contribution is -0.127. The molecule has 0 saturated carbocycles. The number of hydrogen-bond donors (Lipinski definition) is 0. The maximum absolute atomic E-state index is 13.5. The number of fused-ring (bicyclic) bond motifs is 2. The van der Waals surface area contributed by atoms with Gasteiger partial charge in [-0.05, 0) is 47.4 Å². The van der Waals surface area contributed by atoms with Gasteiger partial charge in [0.15, 0.2) is 11.5 Å². The third kappa shape index (κ3) is 4.01. The number of benzene rings is 3. The van der Waals surface area contributed by atoms with Crippen LogP contribution in [0.3, 0.4) is 0 Å². The van der Waals surface area contributed by atoms with Crippen LogP contribution in [0.25, 0.3) is 17.0 Å². The highest BCUT2D eigenvalue weighted by Crippen LogP contribution is 2.41. The van der Waals surface area contributed by atoms with Gasteiger partial charge in [-0.15, -0.1) is 0 Å². The summed E-state index contributed by atoms with van der Waals surface area (Å²) in [5.74, 6) is 1.33. The summed E-state index contributed by atoms with van der Waals surface area (Å²) in [6, 6.07) is 23.9. The Morgan fingerprint density at radius 3 is 2.53 bits per heavy atom. The highest BCUT2D eigenvalue weighted by atomic mass is 16.5. The molecule has 2 heterocycles. The molecule has 0 bridgehead atoms. The fourth-order valence-electron chi connectivity index (χ4n) is 4.70. The first kappa shape index (κ1) is 21.7. The molecule has 0 saturated heterocycles. The van der Waals surface area contributed by atoms with Crippen LogP contribution in [0.5, 0.6) is 11.5 Å². The molecule has 4 aromatic rings.